The molecule has 0 aliphatic carbocycles. The fourth-order valence-electron chi connectivity index (χ4n) is 1.46. The van der Waals surface area contributed by atoms with Crippen LogP contribution in [0.1, 0.15) is 36.7 Å². The second-order valence-electron chi connectivity index (χ2n) is 4.03. The van der Waals surface area contributed by atoms with Crippen molar-refractivity contribution in [1.29, 1.82) is 0 Å². The number of aromatic nitrogens is 2. The zero-order valence-corrected chi connectivity index (χ0v) is 11.1. The third-order valence-electron chi connectivity index (χ3n) is 2.59. The lowest BCUT2D eigenvalue weighted by atomic mass is 10.3. The molecule has 1 rings (SSSR count). The molecule has 0 saturated heterocycles. The fourth-order valence-corrected chi connectivity index (χ4v) is 1.46. The molecule has 1 aromatic heterocycles. The highest BCUT2D eigenvalue weighted by Gasteiger charge is 2.16. The molecule has 0 aromatic carbocycles. The average Bonchev–Trinajstić information content (AvgIpc) is 2.87. The highest BCUT2D eigenvalue weighted by atomic mass is 16.5. The van der Waals surface area contributed by atoms with E-state index in [2.05, 4.69) is 10.4 Å². The first-order valence-electron chi connectivity index (χ1n) is 6.19. The Balaban J connectivity index is 2.40. The first-order valence-corrected chi connectivity index (χ1v) is 6.19. The molecule has 19 heavy (non-hydrogen) atoms. The quantitative estimate of drug-likeness (QED) is 0.677. The van der Waals surface area contributed by atoms with E-state index in [-0.39, 0.29) is 11.5 Å². The van der Waals surface area contributed by atoms with Crippen LogP contribution >= 0.6 is 0 Å². The van der Waals surface area contributed by atoms with Crippen LogP contribution in [0, 0.1) is 0 Å². The Hall–Kier alpha value is -1.89. The molecule has 0 aliphatic heterocycles. The normalized spacial score (nSPS) is 12.1. The zero-order chi connectivity index (χ0) is 14.3. The van der Waals surface area contributed by atoms with Crippen molar-refractivity contribution in [2.75, 3.05) is 19.8 Å². The smallest absolute Gasteiger partial charge is 0.338 e. The maximum absolute atomic E-state index is 11.8. The van der Waals surface area contributed by atoms with Crippen molar-refractivity contribution in [3.8, 4) is 0 Å². The Morgan fingerprint density at radius 1 is 1.58 bits per heavy atom. The third kappa shape index (κ3) is 4.70. The Bertz CT molecular complexity index is 430. The molecule has 0 fully saturated rings. The van der Waals surface area contributed by atoms with Gasteiger partial charge in [-0.3, -0.25) is 9.48 Å². The molecule has 0 aliphatic rings. The number of ether oxygens (including phenoxy) is 1. The van der Waals surface area contributed by atoms with Gasteiger partial charge in [0.25, 0.3) is 0 Å². The summed E-state index contributed by atoms with van der Waals surface area (Å²) in [4.78, 5) is 22.5. The number of nitrogens with one attached hydrogen (secondary N) is 1. The molecule has 2 N–H and O–H groups in total. The molecule has 1 heterocycles. The summed E-state index contributed by atoms with van der Waals surface area (Å²) in [6, 6.07) is -0.541. The number of carboxylic acid groups (broad SMARTS) is 1. The van der Waals surface area contributed by atoms with Gasteiger partial charge in [0.2, 0.25) is 5.91 Å². The Morgan fingerprint density at radius 2 is 2.32 bits per heavy atom. The van der Waals surface area contributed by atoms with Crippen LogP contribution in [-0.2, 0) is 9.53 Å². The van der Waals surface area contributed by atoms with E-state index >= 15 is 0 Å². The minimum absolute atomic E-state index is 0.0657. The number of aromatic carboxylic acids is 1. The van der Waals surface area contributed by atoms with Crippen molar-refractivity contribution in [3.63, 3.8) is 0 Å². The maximum Gasteiger partial charge on any atom is 0.338 e. The third-order valence-corrected chi connectivity index (χ3v) is 2.59. The number of nitrogens with zero attached hydrogens (tertiary/aromatic N) is 2. The molecule has 0 spiro atoms. The van der Waals surface area contributed by atoms with Crippen molar-refractivity contribution in [2.24, 2.45) is 0 Å². The largest absolute Gasteiger partial charge is 0.478 e. The molecule has 1 aromatic rings. The first kappa shape index (κ1) is 15.2. The average molecular weight is 269 g/mol. The molecule has 106 valence electrons. The summed E-state index contributed by atoms with van der Waals surface area (Å²) in [6.45, 7) is 5.37. The standard InChI is InChI=1S/C12H19N3O4/c1-3-19-6-4-5-13-11(16)9(2)15-8-10(7-14-15)12(17)18/h7-9H,3-6H2,1-2H3,(H,13,16)(H,17,18). The van der Waals surface area contributed by atoms with Crippen LogP contribution in [0.2, 0.25) is 0 Å². The molecule has 1 amide bonds. The van der Waals surface area contributed by atoms with Gasteiger partial charge >= 0.3 is 5.97 Å². The minimum atomic E-state index is -1.06. The molecule has 1 unspecified atom stereocenters. The number of carboxylic acids is 1. The Labute approximate surface area is 111 Å². The molecule has 0 saturated carbocycles. The topological polar surface area (TPSA) is 93.5 Å². The van der Waals surface area contributed by atoms with Crippen molar-refractivity contribution in [2.45, 2.75) is 26.3 Å². The highest BCUT2D eigenvalue weighted by molar-refractivity contribution is 5.87. The molecule has 7 nitrogen and oxygen atoms in total. The second-order valence-corrected chi connectivity index (χ2v) is 4.03. The molecule has 1 atom stereocenters. The van der Waals surface area contributed by atoms with Gasteiger partial charge in [-0.1, -0.05) is 0 Å². The number of carbonyl (C=O) groups excluding carboxylic acids is 1. The van der Waals surface area contributed by atoms with E-state index in [0.717, 1.165) is 6.42 Å². The van der Waals surface area contributed by atoms with Crippen molar-refractivity contribution < 1.29 is 19.4 Å². The van der Waals surface area contributed by atoms with Crippen LogP contribution in [0.4, 0.5) is 0 Å². The summed E-state index contributed by atoms with van der Waals surface area (Å²) in [5.41, 5.74) is 0.0657. The van der Waals surface area contributed by atoms with Crippen LogP contribution in [0.3, 0.4) is 0 Å². The van der Waals surface area contributed by atoms with Gasteiger partial charge in [0.15, 0.2) is 0 Å². The van der Waals surface area contributed by atoms with E-state index < -0.39 is 12.0 Å². The number of carbonyl (C=O) groups is 2. The second kappa shape index (κ2) is 7.52. The van der Waals surface area contributed by atoms with Gasteiger partial charge in [-0.05, 0) is 20.3 Å². The summed E-state index contributed by atoms with van der Waals surface area (Å²) >= 11 is 0. The van der Waals surface area contributed by atoms with Gasteiger partial charge < -0.3 is 15.2 Å². The van der Waals surface area contributed by atoms with Gasteiger partial charge in [-0.25, -0.2) is 4.79 Å². The number of hydrogen-bond acceptors (Lipinski definition) is 4. The van der Waals surface area contributed by atoms with E-state index in [4.69, 9.17) is 9.84 Å². The maximum atomic E-state index is 11.8. The number of rotatable bonds is 8. The van der Waals surface area contributed by atoms with Crippen LogP contribution in [0.5, 0.6) is 0 Å². The van der Waals surface area contributed by atoms with Crippen LogP contribution < -0.4 is 5.32 Å². The van der Waals surface area contributed by atoms with Gasteiger partial charge in [0.05, 0.1) is 11.8 Å². The zero-order valence-electron chi connectivity index (χ0n) is 11.1. The van der Waals surface area contributed by atoms with Gasteiger partial charge in [-0.15, -0.1) is 0 Å². The monoisotopic (exact) mass is 269 g/mol. The lowest BCUT2D eigenvalue weighted by Crippen LogP contribution is -2.32. The lowest BCUT2D eigenvalue weighted by Gasteiger charge is -2.12. The predicted molar refractivity (Wildman–Crippen MR) is 68.0 cm³/mol. The molecular weight excluding hydrogens is 250 g/mol. The Morgan fingerprint density at radius 3 is 2.89 bits per heavy atom. The summed E-state index contributed by atoms with van der Waals surface area (Å²) < 4.78 is 6.49. The van der Waals surface area contributed by atoms with Crippen molar-refractivity contribution >= 4 is 11.9 Å². The van der Waals surface area contributed by atoms with Crippen molar-refractivity contribution in [1.82, 2.24) is 15.1 Å². The Kier molecular flexibility index (Phi) is 6.01. The van der Waals surface area contributed by atoms with Crippen LogP contribution in [0.15, 0.2) is 12.4 Å². The number of hydrogen-bond donors (Lipinski definition) is 2. The van der Waals surface area contributed by atoms with Crippen molar-refractivity contribution in [3.05, 3.63) is 18.0 Å². The van der Waals surface area contributed by atoms with E-state index in [9.17, 15) is 9.59 Å². The van der Waals surface area contributed by atoms with Gasteiger partial charge in [0, 0.05) is 26.0 Å². The molecule has 7 heteroatoms. The minimum Gasteiger partial charge on any atom is -0.478 e. The van der Waals surface area contributed by atoms with E-state index in [1.165, 1.54) is 17.1 Å². The predicted octanol–water partition coefficient (Wildman–Crippen LogP) is 0.685. The van der Waals surface area contributed by atoms with E-state index in [1.54, 1.807) is 6.92 Å². The summed E-state index contributed by atoms with van der Waals surface area (Å²) in [5, 5.41) is 15.4. The molecule has 0 radical (unpaired) electrons. The number of amides is 1. The fraction of sp³-hybridized carbons (Fsp3) is 0.583. The molecular formula is C12H19N3O4. The summed E-state index contributed by atoms with van der Waals surface area (Å²) in [6.07, 6.45) is 3.31. The SMILES string of the molecule is CCOCCCNC(=O)C(C)n1cc(C(=O)O)cn1. The first-order chi connectivity index (χ1) is 9.06. The van der Waals surface area contributed by atoms with Gasteiger partial charge in [0.1, 0.15) is 6.04 Å². The van der Waals surface area contributed by atoms with E-state index in [0.29, 0.717) is 19.8 Å². The van der Waals surface area contributed by atoms with Gasteiger partial charge in [-0.2, -0.15) is 5.10 Å². The highest BCUT2D eigenvalue weighted by Crippen LogP contribution is 2.06. The summed E-state index contributed by atoms with van der Waals surface area (Å²) in [7, 11) is 0. The van der Waals surface area contributed by atoms with Crippen LogP contribution in [-0.4, -0.2) is 46.5 Å². The molecule has 0 bridgehead atoms. The van der Waals surface area contributed by atoms with Crippen LogP contribution in [0.25, 0.3) is 0 Å². The summed E-state index contributed by atoms with van der Waals surface area (Å²) in [5.74, 6) is -1.26. The van der Waals surface area contributed by atoms with E-state index in [1.807, 2.05) is 6.92 Å². The lowest BCUT2D eigenvalue weighted by molar-refractivity contribution is -0.124.